The lowest BCUT2D eigenvalue weighted by Gasteiger charge is -2.45. The van der Waals surface area contributed by atoms with Gasteiger partial charge in [0.25, 0.3) is 0 Å². The number of carbonyl (C=O) groups excluding carboxylic acids is 1. The van der Waals surface area contributed by atoms with Crippen molar-refractivity contribution >= 4 is 5.91 Å². The van der Waals surface area contributed by atoms with Crippen molar-refractivity contribution in [2.24, 2.45) is 0 Å². The van der Waals surface area contributed by atoms with E-state index in [9.17, 15) is 4.79 Å². The molecule has 0 aromatic heterocycles. The molecule has 5 heteroatoms. The van der Waals surface area contributed by atoms with Crippen LogP contribution in [0.2, 0.25) is 0 Å². The predicted octanol–water partition coefficient (Wildman–Crippen LogP) is 1.93. The van der Waals surface area contributed by atoms with Crippen molar-refractivity contribution in [3.05, 3.63) is 35.9 Å². The van der Waals surface area contributed by atoms with Crippen LogP contribution in [0, 0.1) is 0 Å². The molecular weight excluding hydrogens is 336 g/mol. The molecule has 4 atom stereocenters. The molecule has 3 fully saturated rings. The Labute approximate surface area is 163 Å². The molecule has 1 aromatic carbocycles. The summed E-state index contributed by atoms with van der Waals surface area (Å²) in [7, 11) is 2.31. The fourth-order valence-corrected chi connectivity index (χ4v) is 5.27. The molecule has 0 spiro atoms. The van der Waals surface area contributed by atoms with Gasteiger partial charge in [-0.15, -0.1) is 0 Å². The van der Waals surface area contributed by atoms with Crippen LogP contribution >= 0.6 is 0 Å². The van der Waals surface area contributed by atoms with Gasteiger partial charge in [0.1, 0.15) is 0 Å². The highest BCUT2D eigenvalue weighted by Crippen LogP contribution is 2.36. The van der Waals surface area contributed by atoms with Crippen molar-refractivity contribution < 1.29 is 4.79 Å². The fourth-order valence-electron chi connectivity index (χ4n) is 5.27. The van der Waals surface area contributed by atoms with E-state index in [4.69, 9.17) is 0 Å². The summed E-state index contributed by atoms with van der Waals surface area (Å²) in [5, 5.41) is 3.10. The zero-order valence-electron chi connectivity index (χ0n) is 16.8. The fraction of sp³-hybridized carbons (Fsp3) is 0.682. The maximum atomic E-state index is 12.6. The monoisotopic (exact) mass is 370 g/mol. The van der Waals surface area contributed by atoms with Gasteiger partial charge in [-0.1, -0.05) is 30.3 Å². The van der Waals surface area contributed by atoms with Gasteiger partial charge in [-0.2, -0.15) is 0 Å². The van der Waals surface area contributed by atoms with Gasteiger partial charge in [0.05, 0.1) is 6.04 Å². The lowest BCUT2D eigenvalue weighted by molar-refractivity contribution is -0.127. The molecule has 3 saturated heterocycles. The number of nitrogens with zero attached hydrogens (tertiary/aromatic N) is 3. The van der Waals surface area contributed by atoms with Crippen molar-refractivity contribution in [2.75, 3.05) is 33.2 Å². The van der Waals surface area contributed by atoms with Gasteiger partial charge in [-0.25, -0.2) is 0 Å². The highest BCUT2D eigenvalue weighted by molar-refractivity contribution is 5.81. The number of rotatable bonds is 5. The molecule has 1 amide bonds. The van der Waals surface area contributed by atoms with Crippen LogP contribution in [0.25, 0.3) is 0 Å². The number of hydrogen-bond acceptors (Lipinski definition) is 4. The average molecular weight is 371 g/mol. The number of carbonyl (C=O) groups is 1. The standard InChI is InChI=1S/C22H34N4O/c1-17(22(27)23-16-18-6-4-3-5-7-18)25-10-12-26(13-11-25)21-14-19-8-9-20(15-21)24(19)2/h3-7,17,19-21H,8-16H2,1-2H3,(H,23,27)/t17-,19-,20+,21?/m1/s1. The topological polar surface area (TPSA) is 38.8 Å². The summed E-state index contributed by atoms with van der Waals surface area (Å²) in [5.41, 5.74) is 1.15. The lowest BCUT2D eigenvalue weighted by Crippen LogP contribution is -2.58. The van der Waals surface area contributed by atoms with Crippen LogP contribution in [0.3, 0.4) is 0 Å². The van der Waals surface area contributed by atoms with Gasteiger partial charge in [0.15, 0.2) is 0 Å². The number of amides is 1. The van der Waals surface area contributed by atoms with Crippen LogP contribution in [0.1, 0.15) is 38.2 Å². The highest BCUT2D eigenvalue weighted by atomic mass is 16.2. The Morgan fingerprint density at radius 3 is 2.30 bits per heavy atom. The Morgan fingerprint density at radius 2 is 1.67 bits per heavy atom. The van der Waals surface area contributed by atoms with Crippen molar-refractivity contribution in [3.63, 3.8) is 0 Å². The second-order valence-corrected chi connectivity index (χ2v) is 8.63. The number of piperidine rings is 1. The molecule has 1 unspecified atom stereocenters. The predicted molar refractivity (Wildman–Crippen MR) is 108 cm³/mol. The molecule has 27 heavy (non-hydrogen) atoms. The first-order chi connectivity index (χ1) is 13.1. The Bertz CT molecular complexity index is 614. The van der Waals surface area contributed by atoms with E-state index in [0.29, 0.717) is 6.54 Å². The van der Waals surface area contributed by atoms with E-state index in [-0.39, 0.29) is 11.9 Å². The maximum Gasteiger partial charge on any atom is 0.237 e. The molecule has 5 nitrogen and oxygen atoms in total. The second kappa shape index (κ2) is 8.29. The van der Waals surface area contributed by atoms with Crippen LogP contribution in [0.4, 0.5) is 0 Å². The van der Waals surface area contributed by atoms with Crippen molar-refractivity contribution in [1.29, 1.82) is 0 Å². The average Bonchev–Trinajstić information content (AvgIpc) is 2.92. The smallest absolute Gasteiger partial charge is 0.237 e. The first-order valence-electron chi connectivity index (χ1n) is 10.6. The normalized spacial score (nSPS) is 31.0. The van der Waals surface area contributed by atoms with E-state index in [0.717, 1.165) is 49.9 Å². The highest BCUT2D eigenvalue weighted by Gasteiger charge is 2.41. The minimum atomic E-state index is -0.0514. The first-order valence-corrected chi connectivity index (χ1v) is 10.6. The number of benzene rings is 1. The van der Waals surface area contributed by atoms with Crippen LogP contribution in [-0.4, -0.2) is 78.0 Å². The number of nitrogens with one attached hydrogen (secondary N) is 1. The van der Waals surface area contributed by atoms with Gasteiger partial charge in [0, 0.05) is 50.8 Å². The maximum absolute atomic E-state index is 12.6. The second-order valence-electron chi connectivity index (χ2n) is 8.63. The van der Waals surface area contributed by atoms with E-state index in [2.05, 4.69) is 39.2 Å². The largest absolute Gasteiger partial charge is 0.351 e. The number of hydrogen-bond donors (Lipinski definition) is 1. The third-order valence-electron chi connectivity index (χ3n) is 7.18. The third-order valence-corrected chi connectivity index (χ3v) is 7.18. The van der Waals surface area contributed by atoms with E-state index in [1.165, 1.54) is 25.7 Å². The molecule has 148 valence electrons. The SMILES string of the molecule is C[C@H](C(=O)NCc1ccccc1)N1CCN(C2C[C@H]3CC[C@@H](C2)N3C)CC1. The summed E-state index contributed by atoms with van der Waals surface area (Å²) < 4.78 is 0. The van der Waals surface area contributed by atoms with Crippen molar-refractivity contribution in [1.82, 2.24) is 20.0 Å². The Kier molecular flexibility index (Phi) is 5.81. The lowest BCUT2D eigenvalue weighted by atomic mass is 9.96. The molecule has 0 radical (unpaired) electrons. The zero-order valence-corrected chi connectivity index (χ0v) is 16.8. The quantitative estimate of drug-likeness (QED) is 0.860. The summed E-state index contributed by atoms with van der Waals surface area (Å²) in [6.45, 7) is 6.87. The number of fused-ring (bicyclic) bond motifs is 2. The third kappa shape index (κ3) is 4.20. The summed E-state index contributed by atoms with van der Waals surface area (Å²) in [4.78, 5) is 20.2. The Morgan fingerprint density at radius 1 is 1.04 bits per heavy atom. The van der Waals surface area contributed by atoms with E-state index in [1.807, 2.05) is 25.1 Å². The zero-order chi connectivity index (χ0) is 18.8. The molecule has 1 aromatic rings. The summed E-state index contributed by atoms with van der Waals surface area (Å²) in [6, 6.07) is 12.4. The van der Waals surface area contributed by atoms with E-state index < -0.39 is 0 Å². The molecule has 3 heterocycles. The van der Waals surface area contributed by atoms with Crippen LogP contribution in [0.5, 0.6) is 0 Å². The summed E-state index contributed by atoms with van der Waals surface area (Å²) >= 11 is 0. The minimum absolute atomic E-state index is 0.0514. The van der Waals surface area contributed by atoms with Gasteiger partial charge in [-0.05, 0) is 45.2 Å². The molecule has 0 saturated carbocycles. The van der Waals surface area contributed by atoms with Gasteiger partial charge < -0.3 is 10.2 Å². The molecule has 2 bridgehead atoms. The van der Waals surface area contributed by atoms with Crippen LogP contribution in [0.15, 0.2) is 30.3 Å². The van der Waals surface area contributed by atoms with Crippen LogP contribution < -0.4 is 5.32 Å². The van der Waals surface area contributed by atoms with E-state index >= 15 is 0 Å². The Hall–Kier alpha value is -1.43. The van der Waals surface area contributed by atoms with Crippen LogP contribution in [-0.2, 0) is 11.3 Å². The minimum Gasteiger partial charge on any atom is -0.351 e. The molecule has 0 aliphatic carbocycles. The summed E-state index contributed by atoms with van der Waals surface area (Å²) in [5.74, 6) is 0.143. The molecular formula is C22H34N4O. The van der Waals surface area contributed by atoms with Crippen molar-refractivity contribution in [2.45, 2.75) is 63.3 Å². The van der Waals surface area contributed by atoms with E-state index in [1.54, 1.807) is 0 Å². The summed E-state index contributed by atoms with van der Waals surface area (Å²) in [6.07, 6.45) is 5.44. The first kappa shape index (κ1) is 18.9. The molecule has 3 aliphatic heterocycles. The van der Waals surface area contributed by atoms with Gasteiger partial charge in [0.2, 0.25) is 5.91 Å². The molecule has 4 rings (SSSR count). The van der Waals surface area contributed by atoms with Gasteiger partial charge in [-0.3, -0.25) is 14.6 Å². The molecule has 1 N–H and O–H groups in total. The Balaban J connectivity index is 1.23. The molecule has 3 aliphatic rings. The number of piperazine rings is 1. The van der Waals surface area contributed by atoms with Gasteiger partial charge >= 0.3 is 0 Å². The van der Waals surface area contributed by atoms with Crippen molar-refractivity contribution in [3.8, 4) is 0 Å².